The lowest BCUT2D eigenvalue weighted by Gasteiger charge is -2.04. The molecule has 1 aromatic carbocycles. The van der Waals surface area contributed by atoms with Crippen LogP contribution in [0, 0.1) is 0 Å². The van der Waals surface area contributed by atoms with Gasteiger partial charge in [-0.25, -0.2) is 0 Å². The van der Waals surface area contributed by atoms with Crippen LogP contribution in [0.15, 0.2) is 22.4 Å². The van der Waals surface area contributed by atoms with Gasteiger partial charge in [-0.2, -0.15) is 0 Å². The summed E-state index contributed by atoms with van der Waals surface area (Å²) in [5.41, 5.74) is 1.33. The number of methoxy groups -OCH3 is 1. The van der Waals surface area contributed by atoms with Crippen molar-refractivity contribution in [2.45, 2.75) is 18.2 Å². The maximum atomic E-state index is 5.34. The molecule has 0 aliphatic carbocycles. The van der Waals surface area contributed by atoms with Crippen LogP contribution in [0.2, 0.25) is 0 Å². The lowest BCUT2D eigenvalue weighted by Crippen LogP contribution is -1.85. The van der Waals surface area contributed by atoms with Gasteiger partial charge in [0.1, 0.15) is 5.75 Å². The summed E-state index contributed by atoms with van der Waals surface area (Å²) < 4.78 is 6.57. The van der Waals surface area contributed by atoms with Gasteiger partial charge in [-0.05, 0) is 18.1 Å². The van der Waals surface area contributed by atoms with Crippen LogP contribution in [0.25, 0.3) is 10.1 Å². The first-order valence-corrected chi connectivity index (χ1v) is 5.86. The number of benzene rings is 1. The largest absolute Gasteiger partial charge is 0.495 e. The van der Waals surface area contributed by atoms with E-state index in [9.17, 15) is 0 Å². The highest BCUT2D eigenvalue weighted by molar-refractivity contribution is 7.80. The van der Waals surface area contributed by atoms with Crippen LogP contribution in [-0.4, -0.2) is 7.11 Å². The van der Waals surface area contributed by atoms with Crippen molar-refractivity contribution in [3.05, 3.63) is 23.1 Å². The summed E-state index contributed by atoms with van der Waals surface area (Å²) in [5, 5.41) is 3.27. The van der Waals surface area contributed by atoms with Crippen LogP contribution in [0.4, 0.5) is 0 Å². The summed E-state index contributed by atoms with van der Waals surface area (Å²) >= 11 is 6.14. The monoisotopic (exact) mass is 224 g/mol. The molecule has 74 valence electrons. The van der Waals surface area contributed by atoms with Crippen molar-refractivity contribution in [1.82, 2.24) is 0 Å². The number of thiophene rings is 1. The molecular weight excluding hydrogens is 212 g/mol. The molecular formula is C11H12OS2. The van der Waals surface area contributed by atoms with Crippen molar-refractivity contribution < 1.29 is 4.74 Å². The van der Waals surface area contributed by atoms with Crippen LogP contribution < -0.4 is 4.74 Å². The van der Waals surface area contributed by atoms with Crippen molar-refractivity contribution in [1.29, 1.82) is 0 Å². The Balaban J connectivity index is 2.82. The highest BCUT2D eigenvalue weighted by Crippen LogP contribution is 2.38. The molecule has 1 aromatic heterocycles. The Bertz CT molecular complexity index is 460. The number of fused-ring (bicyclic) bond motifs is 1. The Labute approximate surface area is 93.1 Å². The Kier molecular flexibility index (Phi) is 2.70. The minimum atomic E-state index is 0.970. The fourth-order valence-corrected chi connectivity index (χ4v) is 2.94. The van der Waals surface area contributed by atoms with Crippen molar-refractivity contribution in [3.63, 3.8) is 0 Å². The van der Waals surface area contributed by atoms with E-state index in [4.69, 9.17) is 4.74 Å². The topological polar surface area (TPSA) is 9.23 Å². The second-order valence-corrected chi connectivity index (χ2v) is 4.47. The van der Waals surface area contributed by atoms with Crippen LogP contribution in [0.3, 0.4) is 0 Å². The van der Waals surface area contributed by atoms with E-state index in [-0.39, 0.29) is 0 Å². The molecule has 0 spiro atoms. The summed E-state index contributed by atoms with van der Waals surface area (Å²) in [4.78, 5) is 1.03. The van der Waals surface area contributed by atoms with Crippen molar-refractivity contribution in [3.8, 4) is 5.75 Å². The van der Waals surface area contributed by atoms with Gasteiger partial charge in [0.2, 0.25) is 0 Å². The molecule has 0 saturated heterocycles. The summed E-state index contributed by atoms with van der Waals surface area (Å²) in [6.45, 7) is 2.16. The zero-order chi connectivity index (χ0) is 10.1. The van der Waals surface area contributed by atoms with Gasteiger partial charge in [-0.15, -0.1) is 24.0 Å². The van der Waals surface area contributed by atoms with E-state index in [2.05, 4.69) is 31.7 Å². The molecule has 1 heterocycles. The molecule has 3 heteroatoms. The summed E-state index contributed by atoms with van der Waals surface area (Å²) in [6, 6.07) is 4.18. The fraction of sp³-hybridized carbons (Fsp3) is 0.273. The number of aryl methyl sites for hydroxylation is 1. The van der Waals surface area contributed by atoms with E-state index in [1.165, 1.54) is 15.6 Å². The van der Waals surface area contributed by atoms with Crippen LogP contribution in [0.5, 0.6) is 5.75 Å². The molecule has 2 rings (SSSR count). The zero-order valence-electron chi connectivity index (χ0n) is 8.20. The van der Waals surface area contributed by atoms with Crippen molar-refractivity contribution in [2.24, 2.45) is 0 Å². The quantitative estimate of drug-likeness (QED) is 0.764. The average Bonchev–Trinajstić information content (AvgIpc) is 2.63. The first-order valence-electron chi connectivity index (χ1n) is 4.54. The minimum Gasteiger partial charge on any atom is -0.495 e. The molecule has 0 bridgehead atoms. The number of hydrogen-bond acceptors (Lipinski definition) is 3. The minimum absolute atomic E-state index is 0.970. The molecule has 0 radical (unpaired) electrons. The first-order chi connectivity index (χ1) is 6.77. The maximum Gasteiger partial charge on any atom is 0.137 e. The van der Waals surface area contributed by atoms with Crippen molar-refractivity contribution in [2.75, 3.05) is 7.11 Å². The molecule has 0 unspecified atom stereocenters. The lowest BCUT2D eigenvalue weighted by atomic mass is 10.1. The molecule has 0 aliphatic heterocycles. The summed E-state index contributed by atoms with van der Waals surface area (Å²) in [5.74, 6) is 0.970. The average molecular weight is 224 g/mol. The number of hydrogen-bond donors (Lipinski definition) is 1. The van der Waals surface area contributed by atoms with E-state index in [1.807, 2.05) is 5.38 Å². The zero-order valence-corrected chi connectivity index (χ0v) is 9.91. The predicted octanol–water partition coefficient (Wildman–Crippen LogP) is 3.76. The Morgan fingerprint density at radius 3 is 2.86 bits per heavy atom. The van der Waals surface area contributed by atoms with Gasteiger partial charge in [0.05, 0.1) is 11.8 Å². The lowest BCUT2D eigenvalue weighted by molar-refractivity contribution is 0.421. The molecule has 0 atom stereocenters. The standard InChI is InChI=1S/C11H12OS2/c1-3-7-4-5-9(13)11-10(7)8(12-2)6-14-11/h4-6,13H,3H2,1-2H3. The van der Waals surface area contributed by atoms with Gasteiger partial charge in [0.15, 0.2) is 0 Å². The highest BCUT2D eigenvalue weighted by atomic mass is 32.1. The molecule has 0 amide bonds. The van der Waals surface area contributed by atoms with Gasteiger partial charge in [0.25, 0.3) is 0 Å². The Morgan fingerprint density at radius 1 is 1.43 bits per heavy atom. The van der Waals surface area contributed by atoms with Crippen LogP contribution in [0.1, 0.15) is 12.5 Å². The highest BCUT2D eigenvalue weighted by Gasteiger charge is 2.10. The van der Waals surface area contributed by atoms with Gasteiger partial charge in [-0.3, -0.25) is 0 Å². The molecule has 0 saturated carbocycles. The summed E-state index contributed by atoms with van der Waals surface area (Å²) in [6.07, 6.45) is 1.03. The fourth-order valence-electron chi connectivity index (χ4n) is 1.62. The Morgan fingerprint density at radius 2 is 2.21 bits per heavy atom. The third-order valence-corrected chi connectivity index (χ3v) is 3.87. The van der Waals surface area contributed by atoms with Crippen LogP contribution in [-0.2, 0) is 6.42 Å². The predicted molar refractivity (Wildman–Crippen MR) is 65.0 cm³/mol. The second-order valence-electron chi connectivity index (χ2n) is 3.11. The molecule has 2 aromatic rings. The van der Waals surface area contributed by atoms with Gasteiger partial charge in [0, 0.05) is 15.7 Å². The third kappa shape index (κ3) is 1.41. The maximum absolute atomic E-state index is 5.34. The van der Waals surface area contributed by atoms with Gasteiger partial charge >= 0.3 is 0 Å². The molecule has 0 N–H and O–H groups in total. The molecule has 14 heavy (non-hydrogen) atoms. The number of rotatable bonds is 2. The van der Waals surface area contributed by atoms with Gasteiger partial charge < -0.3 is 4.74 Å². The number of ether oxygens (including phenoxy) is 1. The molecule has 0 fully saturated rings. The smallest absolute Gasteiger partial charge is 0.137 e. The normalized spacial score (nSPS) is 10.8. The Hall–Kier alpha value is -0.670. The summed E-state index contributed by atoms with van der Waals surface area (Å²) in [7, 11) is 1.71. The molecule has 1 nitrogen and oxygen atoms in total. The van der Waals surface area contributed by atoms with E-state index in [0.29, 0.717) is 0 Å². The van der Waals surface area contributed by atoms with E-state index in [0.717, 1.165) is 17.1 Å². The van der Waals surface area contributed by atoms with Gasteiger partial charge in [-0.1, -0.05) is 13.0 Å². The number of thiol groups is 1. The van der Waals surface area contributed by atoms with Crippen molar-refractivity contribution >= 4 is 34.1 Å². The van der Waals surface area contributed by atoms with Crippen LogP contribution >= 0.6 is 24.0 Å². The van der Waals surface area contributed by atoms with E-state index >= 15 is 0 Å². The second kappa shape index (κ2) is 3.83. The molecule has 0 aliphatic rings. The van der Waals surface area contributed by atoms with E-state index < -0.39 is 0 Å². The third-order valence-electron chi connectivity index (χ3n) is 2.35. The first kappa shape index (κ1) is 9.87. The SMILES string of the molecule is CCc1ccc(S)c2scc(OC)c12. The van der Waals surface area contributed by atoms with E-state index in [1.54, 1.807) is 18.4 Å².